The molecule has 0 fully saturated rings. The molecule has 0 amide bonds. The zero-order chi connectivity index (χ0) is 9.14. The second-order valence-corrected chi connectivity index (χ2v) is 2.41. The van der Waals surface area contributed by atoms with Crippen molar-refractivity contribution in [2.45, 2.75) is 0 Å². The minimum atomic E-state index is -0.114. The van der Waals surface area contributed by atoms with Crippen molar-refractivity contribution in [2.24, 2.45) is 5.11 Å². The Balaban J connectivity index is 3.36. The molecule has 0 aliphatic heterocycles. The maximum Gasteiger partial charge on any atom is 0.224 e. The van der Waals surface area contributed by atoms with Gasteiger partial charge in [-0.1, -0.05) is 11.6 Å². The van der Waals surface area contributed by atoms with E-state index in [0.29, 0.717) is 0 Å². The number of halogens is 2. The Hall–Kier alpha value is -1.23. The molecule has 1 rings (SSSR count). The van der Waals surface area contributed by atoms with Crippen LogP contribution in [0.25, 0.3) is 10.4 Å². The standard InChI is InChI=1S/C4H2Cl2N6/c5-2-1(7)3(11-12-8)10-4(6)9-2/h7H2. The van der Waals surface area contributed by atoms with Crippen molar-refractivity contribution < 1.29 is 0 Å². The van der Waals surface area contributed by atoms with E-state index in [4.69, 9.17) is 34.5 Å². The summed E-state index contributed by atoms with van der Waals surface area (Å²) < 4.78 is 0. The van der Waals surface area contributed by atoms with Crippen LogP contribution in [-0.2, 0) is 0 Å². The molecule has 1 heterocycles. The number of nitrogens with zero attached hydrogens (tertiary/aromatic N) is 5. The Morgan fingerprint density at radius 3 is 2.67 bits per heavy atom. The van der Waals surface area contributed by atoms with Crippen molar-refractivity contribution in [1.29, 1.82) is 0 Å². The molecule has 62 valence electrons. The first-order valence-electron chi connectivity index (χ1n) is 2.68. The van der Waals surface area contributed by atoms with Gasteiger partial charge in [-0.3, -0.25) is 0 Å². The molecule has 1 aromatic heterocycles. The van der Waals surface area contributed by atoms with Gasteiger partial charge in [-0.25, -0.2) is 9.97 Å². The fraction of sp³-hybridized carbons (Fsp3) is 0. The summed E-state index contributed by atoms with van der Waals surface area (Å²) in [5, 5.41) is 3.02. The molecule has 0 saturated heterocycles. The number of azide groups is 1. The van der Waals surface area contributed by atoms with E-state index in [9.17, 15) is 0 Å². The van der Waals surface area contributed by atoms with Crippen molar-refractivity contribution in [3.8, 4) is 0 Å². The van der Waals surface area contributed by atoms with Gasteiger partial charge in [0.05, 0.1) is 5.69 Å². The quantitative estimate of drug-likeness (QED) is 0.250. The lowest BCUT2D eigenvalue weighted by Crippen LogP contribution is -1.93. The monoisotopic (exact) mass is 204 g/mol. The van der Waals surface area contributed by atoms with Gasteiger partial charge in [-0.05, 0) is 22.2 Å². The highest BCUT2D eigenvalue weighted by atomic mass is 35.5. The minimum absolute atomic E-state index is 0.0128. The Bertz CT molecular complexity index is 357. The summed E-state index contributed by atoms with van der Waals surface area (Å²) in [4.78, 5) is 9.56. The van der Waals surface area contributed by atoms with E-state index in [-0.39, 0.29) is 21.9 Å². The molecule has 0 saturated carbocycles. The van der Waals surface area contributed by atoms with Crippen molar-refractivity contribution in [3.63, 3.8) is 0 Å². The Labute approximate surface area is 77.0 Å². The maximum absolute atomic E-state index is 8.08. The van der Waals surface area contributed by atoms with E-state index in [1.54, 1.807) is 0 Å². The number of nitrogen functional groups attached to an aromatic ring is 1. The number of hydrogen-bond acceptors (Lipinski definition) is 4. The van der Waals surface area contributed by atoms with Gasteiger partial charge in [0.1, 0.15) is 0 Å². The van der Waals surface area contributed by atoms with Crippen LogP contribution in [-0.4, -0.2) is 9.97 Å². The second-order valence-electron chi connectivity index (χ2n) is 1.71. The van der Waals surface area contributed by atoms with E-state index in [2.05, 4.69) is 20.0 Å². The molecule has 0 aromatic carbocycles. The summed E-state index contributed by atoms with van der Waals surface area (Å²) in [6.07, 6.45) is 0. The molecule has 1 aromatic rings. The summed E-state index contributed by atoms with van der Waals surface area (Å²) in [7, 11) is 0. The van der Waals surface area contributed by atoms with Crippen LogP contribution >= 0.6 is 23.2 Å². The van der Waals surface area contributed by atoms with Crippen molar-refractivity contribution in [1.82, 2.24) is 9.97 Å². The van der Waals surface area contributed by atoms with Crippen LogP contribution in [0.4, 0.5) is 11.5 Å². The third-order valence-electron chi connectivity index (χ3n) is 0.991. The summed E-state index contributed by atoms with van der Waals surface area (Å²) in [6.45, 7) is 0. The molecule has 0 bridgehead atoms. The van der Waals surface area contributed by atoms with E-state index in [1.165, 1.54) is 0 Å². The van der Waals surface area contributed by atoms with Gasteiger partial charge in [0.15, 0.2) is 11.0 Å². The van der Waals surface area contributed by atoms with E-state index in [0.717, 1.165) is 0 Å². The van der Waals surface area contributed by atoms with Crippen LogP contribution in [0.2, 0.25) is 10.4 Å². The summed E-state index contributed by atoms with van der Waals surface area (Å²) in [6, 6.07) is 0. The largest absolute Gasteiger partial charge is 0.395 e. The van der Waals surface area contributed by atoms with Crippen molar-refractivity contribution >= 4 is 34.7 Å². The third kappa shape index (κ3) is 1.68. The molecule has 0 unspecified atom stereocenters. The lowest BCUT2D eigenvalue weighted by atomic mass is 10.5. The van der Waals surface area contributed by atoms with Gasteiger partial charge in [-0.15, -0.1) is 0 Å². The average Bonchev–Trinajstić information content (AvgIpc) is 2.00. The van der Waals surface area contributed by atoms with Gasteiger partial charge in [0, 0.05) is 4.91 Å². The molecule has 0 atom stereocenters. The number of nitrogens with two attached hydrogens (primary N) is 1. The summed E-state index contributed by atoms with van der Waals surface area (Å²) in [5.74, 6) is -0.0671. The van der Waals surface area contributed by atoms with Gasteiger partial charge >= 0.3 is 0 Å². The fourth-order valence-corrected chi connectivity index (χ4v) is 0.897. The minimum Gasteiger partial charge on any atom is -0.395 e. The van der Waals surface area contributed by atoms with Crippen LogP contribution in [0.1, 0.15) is 0 Å². The number of anilines is 1. The molecule has 0 aliphatic carbocycles. The molecule has 0 aliphatic rings. The number of hydrogen-bond donors (Lipinski definition) is 1. The highest BCUT2D eigenvalue weighted by molar-refractivity contribution is 6.34. The zero-order valence-corrected chi connectivity index (χ0v) is 7.08. The number of rotatable bonds is 1. The lowest BCUT2D eigenvalue weighted by molar-refractivity contribution is 1.15. The molecule has 8 heteroatoms. The summed E-state index contributed by atoms with van der Waals surface area (Å²) >= 11 is 10.9. The molecule has 12 heavy (non-hydrogen) atoms. The van der Waals surface area contributed by atoms with Crippen molar-refractivity contribution in [2.75, 3.05) is 5.73 Å². The van der Waals surface area contributed by atoms with Gasteiger partial charge in [0.25, 0.3) is 0 Å². The van der Waals surface area contributed by atoms with E-state index < -0.39 is 0 Å². The normalized spacial score (nSPS) is 9.17. The Morgan fingerprint density at radius 1 is 1.42 bits per heavy atom. The first kappa shape index (κ1) is 8.86. The predicted molar refractivity (Wildman–Crippen MR) is 45.3 cm³/mol. The molecule has 6 nitrogen and oxygen atoms in total. The van der Waals surface area contributed by atoms with Gasteiger partial charge in [-0.2, -0.15) is 0 Å². The third-order valence-corrected chi connectivity index (χ3v) is 1.45. The molecule has 2 N–H and O–H groups in total. The van der Waals surface area contributed by atoms with Crippen LogP contribution in [0, 0.1) is 0 Å². The highest BCUT2D eigenvalue weighted by Gasteiger charge is 2.06. The molecular weight excluding hydrogens is 203 g/mol. The Morgan fingerprint density at radius 2 is 2.08 bits per heavy atom. The van der Waals surface area contributed by atoms with Crippen LogP contribution in [0.15, 0.2) is 5.11 Å². The molecular formula is C4H2Cl2N6. The fourth-order valence-electron chi connectivity index (χ4n) is 0.525. The first-order chi connectivity index (χ1) is 5.65. The van der Waals surface area contributed by atoms with Gasteiger partial charge in [0.2, 0.25) is 5.28 Å². The van der Waals surface area contributed by atoms with Crippen LogP contribution in [0.5, 0.6) is 0 Å². The maximum atomic E-state index is 8.08. The summed E-state index contributed by atoms with van der Waals surface area (Å²) in [5.41, 5.74) is 13.5. The topological polar surface area (TPSA) is 101 Å². The molecule has 0 radical (unpaired) electrons. The number of aromatic nitrogens is 2. The average molecular weight is 205 g/mol. The van der Waals surface area contributed by atoms with Crippen LogP contribution < -0.4 is 5.73 Å². The molecule has 0 spiro atoms. The van der Waals surface area contributed by atoms with Crippen molar-refractivity contribution in [3.05, 3.63) is 20.9 Å². The second kappa shape index (κ2) is 3.44. The lowest BCUT2D eigenvalue weighted by Gasteiger charge is -1.99. The van der Waals surface area contributed by atoms with E-state index in [1.807, 2.05) is 0 Å². The SMILES string of the molecule is [N-]=[N+]=Nc1nc(Cl)nc(Cl)c1N. The van der Waals surface area contributed by atoms with Crippen LogP contribution in [0.3, 0.4) is 0 Å². The smallest absolute Gasteiger partial charge is 0.224 e. The first-order valence-corrected chi connectivity index (χ1v) is 3.44. The highest BCUT2D eigenvalue weighted by Crippen LogP contribution is 2.27. The van der Waals surface area contributed by atoms with Gasteiger partial charge < -0.3 is 5.73 Å². The zero-order valence-electron chi connectivity index (χ0n) is 5.57. The predicted octanol–water partition coefficient (Wildman–Crippen LogP) is 2.31. The Kier molecular flexibility index (Phi) is 2.54. The van der Waals surface area contributed by atoms with E-state index >= 15 is 0 Å².